The van der Waals surface area contributed by atoms with Crippen LogP contribution in [0.25, 0.3) is 10.8 Å². The highest BCUT2D eigenvalue weighted by atomic mass is 32.2. The molecule has 1 amide bonds. The molecule has 4 aromatic carbocycles. The van der Waals surface area contributed by atoms with E-state index >= 15 is 0 Å². The summed E-state index contributed by atoms with van der Waals surface area (Å²) < 4.78 is 55.8. The molecule has 200 valence electrons. The number of hydrogen-bond acceptors (Lipinski definition) is 6. The minimum absolute atomic E-state index is 0.0152. The third-order valence-corrected chi connectivity index (χ3v) is 10.3. The lowest BCUT2D eigenvalue weighted by molar-refractivity contribution is -0.125. The van der Waals surface area contributed by atoms with Gasteiger partial charge in [0.25, 0.3) is 5.91 Å². The molecule has 9 nitrogen and oxygen atoms in total. The number of rotatable bonds is 7. The molecule has 0 saturated carbocycles. The Hall–Kier alpha value is -3.90. The minimum atomic E-state index is -4.10. The summed E-state index contributed by atoms with van der Waals surface area (Å²) in [7, 11) is -8.05. The molecule has 1 fully saturated rings. The van der Waals surface area contributed by atoms with Crippen molar-refractivity contribution < 1.29 is 21.6 Å². The molecule has 5 rings (SSSR count). The molecular formula is C28H26N4O5S2. The Morgan fingerprint density at radius 2 is 1.33 bits per heavy atom. The molecule has 1 N–H and O–H groups in total. The first-order valence-electron chi connectivity index (χ1n) is 12.2. The highest BCUT2D eigenvalue weighted by molar-refractivity contribution is 7.89. The zero-order chi connectivity index (χ0) is 27.5. The average Bonchev–Trinajstić information content (AvgIpc) is 2.98. The monoisotopic (exact) mass is 562 g/mol. The Kier molecular flexibility index (Phi) is 7.58. The van der Waals surface area contributed by atoms with Gasteiger partial charge in [-0.15, -0.1) is 0 Å². The summed E-state index contributed by atoms with van der Waals surface area (Å²) in [6.07, 6.45) is 1.48. The van der Waals surface area contributed by atoms with E-state index in [1.54, 1.807) is 36.4 Å². The number of carbonyl (C=O) groups is 1. The summed E-state index contributed by atoms with van der Waals surface area (Å²) in [4.78, 5) is 13.5. The third kappa shape index (κ3) is 5.48. The Morgan fingerprint density at radius 1 is 0.744 bits per heavy atom. The largest absolute Gasteiger partial charge is 0.271 e. The number of sulfonamides is 2. The number of nitrogens with one attached hydrogen (secondary N) is 1. The van der Waals surface area contributed by atoms with E-state index in [9.17, 15) is 21.6 Å². The van der Waals surface area contributed by atoms with E-state index in [4.69, 9.17) is 0 Å². The molecule has 0 bridgehead atoms. The summed E-state index contributed by atoms with van der Waals surface area (Å²) in [6, 6.07) is 27.6. The number of carbonyl (C=O) groups excluding carboxylic acids is 1. The molecule has 1 aliphatic heterocycles. The molecule has 1 aliphatic rings. The van der Waals surface area contributed by atoms with Gasteiger partial charge in [-0.25, -0.2) is 22.3 Å². The number of nitrogens with zero attached hydrogens (tertiary/aromatic N) is 3. The lowest BCUT2D eigenvalue weighted by atomic mass is 10.1. The van der Waals surface area contributed by atoms with Crippen LogP contribution in [0.1, 0.15) is 5.56 Å². The Bertz CT molecular complexity index is 1720. The van der Waals surface area contributed by atoms with E-state index < -0.39 is 32.0 Å². The van der Waals surface area contributed by atoms with Crippen molar-refractivity contribution in [3.8, 4) is 0 Å². The van der Waals surface area contributed by atoms with Gasteiger partial charge in [0.15, 0.2) is 0 Å². The number of piperazine rings is 1. The smallest absolute Gasteiger partial charge is 0.259 e. The van der Waals surface area contributed by atoms with Crippen molar-refractivity contribution in [3.05, 3.63) is 109 Å². The molecule has 0 unspecified atom stereocenters. The first kappa shape index (κ1) is 26.7. The molecule has 4 aromatic rings. The fourth-order valence-corrected chi connectivity index (χ4v) is 7.58. The normalized spacial score (nSPS) is 17.4. The fraction of sp³-hybridized carbons (Fsp3) is 0.143. The van der Waals surface area contributed by atoms with Gasteiger partial charge in [-0.3, -0.25) is 4.79 Å². The average molecular weight is 563 g/mol. The van der Waals surface area contributed by atoms with Crippen molar-refractivity contribution in [1.29, 1.82) is 0 Å². The molecule has 1 saturated heterocycles. The summed E-state index contributed by atoms with van der Waals surface area (Å²) in [5.41, 5.74) is 3.20. The molecule has 11 heteroatoms. The molecular weight excluding hydrogens is 536 g/mol. The topological polar surface area (TPSA) is 116 Å². The van der Waals surface area contributed by atoms with Crippen LogP contribution in [0.15, 0.2) is 118 Å². The van der Waals surface area contributed by atoms with Crippen molar-refractivity contribution in [2.45, 2.75) is 15.8 Å². The van der Waals surface area contributed by atoms with E-state index in [1.165, 1.54) is 30.5 Å². The Morgan fingerprint density at radius 3 is 2.03 bits per heavy atom. The fourth-order valence-electron chi connectivity index (χ4n) is 4.53. The van der Waals surface area contributed by atoms with Crippen LogP contribution < -0.4 is 5.43 Å². The zero-order valence-electron chi connectivity index (χ0n) is 20.8. The van der Waals surface area contributed by atoms with Gasteiger partial charge in [-0.1, -0.05) is 78.9 Å². The predicted molar refractivity (Wildman–Crippen MR) is 149 cm³/mol. The third-order valence-electron chi connectivity index (χ3n) is 6.53. The Balaban J connectivity index is 1.44. The second-order valence-electron chi connectivity index (χ2n) is 8.92. The SMILES string of the molecule is O=C(N/N=C/c1cccc2ccccc12)[C@H]1CN(S(=O)(=O)c2ccccc2)CCN1S(=O)(=O)c1ccccc1. The molecule has 0 radical (unpaired) electrons. The lowest BCUT2D eigenvalue weighted by Gasteiger charge is -2.38. The van der Waals surface area contributed by atoms with E-state index in [1.807, 2.05) is 42.5 Å². The van der Waals surface area contributed by atoms with E-state index in [-0.39, 0.29) is 29.4 Å². The van der Waals surface area contributed by atoms with Crippen LogP contribution in [0.4, 0.5) is 0 Å². The number of amides is 1. The van der Waals surface area contributed by atoms with Crippen LogP contribution >= 0.6 is 0 Å². The van der Waals surface area contributed by atoms with Crippen LogP contribution in [0, 0.1) is 0 Å². The zero-order valence-corrected chi connectivity index (χ0v) is 22.4. The van der Waals surface area contributed by atoms with Crippen LogP contribution in [-0.2, 0) is 24.8 Å². The number of hydrazone groups is 1. The summed E-state index contributed by atoms with van der Waals surface area (Å²) in [6.45, 7) is -0.667. The van der Waals surface area contributed by atoms with Gasteiger partial charge in [0.2, 0.25) is 20.0 Å². The minimum Gasteiger partial charge on any atom is -0.271 e. The highest BCUT2D eigenvalue weighted by Crippen LogP contribution is 2.25. The first-order chi connectivity index (χ1) is 18.8. The molecule has 0 aliphatic carbocycles. The second kappa shape index (κ2) is 11.1. The van der Waals surface area contributed by atoms with Crippen molar-refractivity contribution in [2.75, 3.05) is 19.6 Å². The van der Waals surface area contributed by atoms with Gasteiger partial charge in [-0.05, 0) is 35.0 Å². The van der Waals surface area contributed by atoms with Crippen molar-refractivity contribution in [3.63, 3.8) is 0 Å². The lowest BCUT2D eigenvalue weighted by Crippen LogP contribution is -2.60. The number of hydrogen-bond donors (Lipinski definition) is 1. The van der Waals surface area contributed by atoms with Crippen molar-refractivity contribution in [2.24, 2.45) is 5.10 Å². The number of benzene rings is 4. The van der Waals surface area contributed by atoms with Gasteiger partial charge < -0.3 is 0 Å². The molecule has 1 atom stereocenters. The maximum Gasteiger partial charge on any atom is 0.259 e. The second-order valence-corrected chi connectivity index (χ2v) is 12.8. The van der Waals surface area contributed by atoms with Crippen LogP contribution in [0.2, 0.25) is 0 Å². The van der Waals surface area contributed by atoms with Crippen LogP contribution in [0.5, 0.6) is 0 Å². The van der Waals surface area contributed by atoms with Gasteiger partial charge in [-0.2, -0.15) is 13.7 Å². The van der Waals surface area contributed by atoms with Gasteiger partial charge in [0.05, 0.1) is 16.0 Å². The van der Waals surface area contributed by atoms with Gasteiger partial charge >= 0.3 is 0 Å². The van der Waals surface area contributed by atoms with E-state index in [0.717, 1.165) is 24.9 Å². The molecule has 0 aromatic heterocycles. The summed E-state index contributed by atoms with van der Waals surface area (Å²) in [5.74, 6) is -0.737. The van der Waals surface area contributed by atoms with Crippen molar-refractivity contribution >= 4 is 42.9 Å². The maximum absolute atomic E-state index is 13.5. The molecule has 39 heavy (non-hydrogen) atoms. The standard InChI is InChI=1S/C28H26N4O5S2/c33-28(30-29-20-23-12-9-11-22-10-7-8-17-26(22)23)27-21-31(38(34,35)24-13-3-1-4-14-24)18-19-32(27)39(36,37)25-15-5-2-6-16-25/h1-17,20,27H,18-19,21H2,(H,30,33)/b29-20+/t27-/m1/s1. The van der Waals surface area contributed by atoms with Crippen LogP contribution in [-0.4, -0.2) is 63.2 Å². The quantitative estimate of drug-likeness (QED) is 0.275. The van der Waals surface area contributed by atoms with Crippen LogP contribution in [0.3, 0.4) is 0 Å². The highest BCUT2D eigenvalue weighted by Gasteiger charge is 2.43. The van der Waals surface area contributed by atoms with Gasteiger partial charge in [0, 0.05) is 25.2 Å². The van der Waals surface area contributed by atoms with Gasteiger partial charge in [0.1, 0.15) is 6.04 Å². The Labute approximate surface area is 227 Å². The first-order valence-corrected chi connectivity index (χ1v) is 15.1. The van der Waals surface area contributed by atoms with E-state index in [0.29, 0.717) is 0 Å². The molecule has 0 spiro atoms. The molecule has 1 heterocycles. The maximum atomic E-state index is 13.5. The predicted octanol–water partition coefficient (Wildman–Crippen LogP) is 3.05. The number of fused-ring (bicyclic) bond motifs is 1. The summed E-state index contributed by atoms with van der Waals surface area (Å²) >= 11 is 0. The summed E-state index contributed by atoms with van der Waals surface area (Å²) in [5, 5.41) is 6.02. The van der Waals surface area contributed by atoms with Crippen molar-refractivity contribution in [1.82, 2.24) is 14.0 Å². The van der Waals surface area contributed by atoms with E-state index in [2.05, 4.69) is 10.5 Å².